The van der Waals surface area contributed by atoms with Gasteiger partial charge in [0, 0.05) is 12.7 Å². The summed E-state index contributed by atoms with van der Waals surface area (Å²) >= 11 is 3.95. The molecule has 1 aromatic rings. The quantitative estimate of drug-likeness (QED) is 0.459. The van der Waals surface area contributed by atoms with Crippen molar-refractivity contribution in [3.05, 3.63) is 17.9 Å². The number of anilines is 1. The number of nitrogens with one attached hydrogen (secondary N) is 1. The molecule has 0 saturated carbocycles. The van der Waals surface area contributed by atoms with Gasteiger partial charge in [-0.2, -0.15) is 0 Å². The number of benzene rings is 1. The minimum absolute atomic E-state index is 0.209. The van der Waals surface area contributed by atoms with Crippen molar-refractivity contribution in [1.82, 2.24) is 0 Å². The van der Waals surface area contributed by atoms with Gasteiger partial charge in [-0.05, 0) is 11.5 Å². The molecule has 1 aromatic carbocycles. The van der Waals surface area contributed by atoms with E-state index in [2.05, 4.69) is 17.9 Å². The second-order valence-corrected chi connectivity index (χ2v) is 2.69. The van der Waals surface area contributed by atoms with Gasteiger partial charge < -0.3 is 10.3 Å². The van der Waals surface area contributed by atoms with Crippen LogP contribution in [-0.2, 0) is 0 Å². The lowest BCUT2D eigenvalue weighted by molar-refractivity contribution is 0.602. The van der Waals surface area contributed by atoms with E-state index in [0.717, 1.165) is 7.48 Å². The molecular formula is C7H8BFNOS. The summed E-state index contributed by atoms with van der Waals surface area (Å²) in [7, 11) is 2.55. The highest BCUT2D eigenvalue weighted by atomic mass is 32.1. The van der Waals surface area contributed by atoms with E-state index in [4.69, 9.17) is 5.02 Å². The lowest BCUT2D eigenvalue weighted by Crippen LogP contribution is -2.19. The maximum Gasteiger partial charge on any atom is 0.328 e. The average molecular weight is 184 g/mol. The molecule has 0 spiro atoms. The second-order valence-electron chi connectivity index (χ2n) is 2.24. The highest BCUT2D eigenvalue weighted by molar-refractivity contribution is 7.80. The molecule has 0 aromatic heterocycles. The fourth-order valence-electron chi connectivity index (χ4n) is 0.952. The lowest BCUT2D eigenvalue weighted by Gasteiger charge is -2.09. The predicted octanol–water partition coefficient (Wildman–Crippen LogP) is 0.393. The molecule has 1 rings (SSSR count). The van der Waals surface area contributed by atoms with E-state index in [9.17, 15) is 4.39 Å². The van der Waals surface area contributed by atoms with E-state index in [-0.39, 0.29) is 4.90 Å². The van der Waals surface area contributed by atoms with E-state index in [0.29, 0.717) is 11.2 Å². The van der Waals surface area contributed by atoms with Crippen LogP contribution in [0.5, 0.6) is 0 Å². The maximum atomic E-state index is 12.9. The van der Waals surface area contributed by atoms with Crippen molar-refractivity contribution >= 4 is 31.3 Å². The molecule has 0 heterocycles. The van der Waals surface area contributed by atoms with E-state index in [1.54, 1.807) is 7.05 Å². The summed E-state index contributed by atoms with van der Waals surface area (Å²) in [6.07, 6.45) is 0. The van der Waals surface area contributed by atoms with Crippen LogP contribution in [0.15, 0.2) is 17.0 Å². The number of rotatable bonds is 2. The smallest absolute Gasteiger partial charge is 0.328 e. The Morgan fingerprint density at radius 1 is 1.58 bits per heavy atom. The Balaban J connectivity index is 3.25. The minimum atomic E-state index is -0.409. The Hall–Kier alpha value is -0.675. The third-order valence-electron chi connectivity index (χ3n) is 1.55. The van der Waals surface area contributed by atoms with Crippen LogP contribution < -0.4 is 10.8 Å². The largest absolute Gasteiger partial charge is 0.450 e. The van der Waals surface area contributed by atoms with Gasteiger partial charge in [-0.3, -0.25) is 0 Å². The number of hydrogen-bond donors (Lipinski definition) is 3. The fraction of sp³-hybridized carbons (Fsp3) is 0.143. The van der Waals surface area contributed by atoms with Crippen LogP contribution in [0.4, 0.5) is 10.1 Å². The van der Waals surface area contributed by atoms with Crippen molar-refractivity contribution < 1.29 is 9.41 Å². The monoisotopic (exact) mass is 184 g/mol. The van der Waals surface area contributed by atoms with Crippen LogP contribution in [0.2, 0.25) is 0 Å². The Bertz CT molecular complexity index is 295. The highest BCUT2D eigenvalue weighted by Crippen LogP contribution is 2.19. The molecule has 0 aliphatic rings. The number of halogens is 1. The molecule has 0 atom stereocenters. The van der Waals surface area contributed by atoms with Crippen LogP contribution >= 0.6 is 12.6 Å². The van der Waals surface area contributed by atoms with E-state index < -0.39 is 5.82 Å². The average Bonchev–Trinajstić information content (AvgIpc) is 2.09. The molecule has 5 heteroatoms. The summed E-state index contributed by atoms with van der Waals surface area (Å²) in [6, 6.07) is 2.73. The summed E-state index contributed by atoms with van der Waals surface area (Å²) in [5.41, 5.74) is 1.00. The molecule has 2 N–H and O–H groups in total. The van der Waals surface area contributed by atoms with Gasteiger partial charge >= 0.3 is 7.48 Å². The lowest BCUT2D eigenvalue weighted by atomic mass is 9.87. The first-order valence-corrected chi connectivity index (χ1v) is 3.82. The molecule has 0 aliphatic heterocycles. The molecule has 63 valence electrons. The molecule has 0 aliphatic carbocycles. The zero-order valence-electron chi connectivity index (χ0n) is 6.50. The topological polar surface area (TPSA) is 32.3 Å². The SMILES string of the molecule is CNc1c([B]O)ccc(F)c1S. The molecule has 0 amide bonds. The van der Waals surface area contributed by atoms with E-state index >= 15 is 0 Å². The second kappa shape index (κ2) is 3.82. The molecule has 2 nitrogen and oxygen atoms in total. The number of hydrogen-bond acceptors (Lipinski definition) is 3. The summed E-state index contributed by atoms with van der Waals surface area (Å²) in [5.74, 6) is -0.409. The Morgan fingerprint density at radius 2 is 2.25 bits per heavy atom. The van der Waals surface area contributed by atoms with Crippen LogP contribution in [0.25, 0.3) is 0 Å². The van der Waals surface area contributed by atoms with Crippen molar-refractivity contribution in [3.8, 4) is 0 Å². The van der Waals surface area contributed by atoms with Crippen molar-refractivity contribution in [2.45, 2.75) is 4.90 Å². The predicted molar refractivity (Wildman–Crippen MR) is 50.8 cm³/mol. The van der Waals surface area contributed by atoms with Crippen molar-refractivity contribution in [2.24, 2.45) is 0 Å². The molecule has 0 bridgehead atoms. The van der Waals surface area contributed by atoms with Gasteiger partial charge in [0.25, 0.3) is 0 Å². The Kier molecular flexibility index (Phi) is 3.00. The zero-order valence-corrected chi connectivity index (χ0v) is 7.40. The summed E-state index contributed by atoms with van der Waals surface area (Å²) in [5, 5.41) is 11.5. The van der Waals surface area contributed by atoms with Crippen molar-refractivity contribution in [2.75, 3.05) is 12.4 Å². The van der Waals surface area contributed by atoms with Gasteiger partial charge in [0.2, 0.25) is 0 Å². The molecule has 0 unspecified atom stereocenters. The van der Waals surface area contributed by atoms with Gasteiger partial charge in [0.05, 0.1) is 4.90 Å². The first-order valence-electron chi connectivity index (χ1n) is 3.37. The van der Waals surface area contributed by atoms with Crippen molar-refractivity contribution in [1.29, 1.82) is 0 Å². The van der Waals surface area contributed by atoms with Gasteiger partial charge in [0.15, 0.2) is 0 Å². The normalized spacial score (nSPS) is 9.67. The van der Waals surface area contributed by atoms with Gasteiger partial charge in [0.1, 0.15) is 5.82 Å². The van der Waals surface area contributed by atoms with Crippen LogP contribution in [0.3, 0.4) is 0 Å². The first-order chi connectivity index (χ1) is 5.70. The van der Waals surface area contributed by atoms with Crippen LogP contribution in [0.1, 0.15) is 0 Å². The van der Waals surface area contributed by atoms with Crippen molar-refractivity contribution in [3.63, 3.8) is 0 Å². The third kappa shape index (κ3) is 1.56. The van der Waals surface area contributed by atoms with E-state index in [1.165, 1.54) is 12.1 Å². The molecule has 12 heavy (non-hydrogen) atoms. The van der Waals surface area contributed by atoms with Gasteiger partial charge in [-0.15, -0.1) is 12.6 Å². The minimum Gasteiger partial charge on any atom is -0.450 e. The Labute approximate surface area is 76.5 Å². The van der Waals surface area contributed by atoms with Crippen LogP contribution in [0, 0.1) is 5.82 Å². The molecular weight excluding hydrogens is 176 g/mol. The summed E-state index contributed by atoms with van der Waals surface area (Å²) in [4.78, 5) is 0.209. The fourth-order valence-corrected chi connectivity index (χ4v) is 1.27. The maximum absolute atomic E-state index is 12.9. The van der Waals surface area contributed by atoms with E-state index in [1.807, 2.05) is 0 Å². The molecule has 1 radical (unpaired) electrons. The standard InChI is InChI=1S/C7H8BFNOS/c1-10-6-4(8-11)2-3-5(9)7(6)12/h2-3,10-12H,1H3. The first kappa shape index (κ1) is 9.41. The van der Waals surface area contributed by atoms with Gasteiger partial charge in [-0.25, -0.2) is 4.39 Å². The highest BCUT2D eigenvalue weighted by Gasteiger charge is 2.08. The Morgan fingerprint density at radius 3 is 2.75 bits per heavy atom. The van der Waals surface area contributed by atoms with Crippen LogP contribution in [-0.4, -0.2) is 19.6 Å². The summed E-state index contributed by atoms with van der Waals surface area (Å²) in [6.45, 7) is 0. The van der Waals surface area contributed by atoms with Gasteiger partial charge in [-0.1, -0.05) is 6.07 Å². The molecule has 0 fully saturated rings. The zero-order chi connectivity index (χ0) is 9.14. The molecule has 0 saturated heterocycles. The number of thiol groups is 1. The third-order valence-corrected chi connectivity index (χ3v) is 1.99. The summed E-state index contributed by atoms with van der Waals surface area (Å²) < 4.78 is 12.9.